The van der Waals surface area contributed by atoms with Crippen molar-refractivity contribution in [1.29, 1.82) is 0 Å². The molecule has 1 amide bonds. The van der Waals surface area contributed by atoms with E-state index in [1.54, 1.807) is 6.07 Å². The minimum Gasteiger partial charge on any atom is -0.492 e. The smallest absolute Gasteiger partial charge is 0.255 e. The van der Waals surface area contributed by atoms with Gasteiger partial charge in [0.15, 0.2) is 0 Å². The molecule has 3 rings (SSSR count). The van der Waals surface area contributed by atoms with Crippen molar-refractivity contribution >= 4 is 5.91 Å². The molecule has 168 valence electrons. The minimum absolute atomic E-state index is 0.154. The number of nitrogens with one attached hydrogen (secondary N) is 1. The Bertz CT molecular complexity index is 822. The highest BCUT2D eigenvalue weighted by molar-refractivity contribution is 5.96. The van der Waals surface area contributed by atoms with E-state index >= 15 is 0 Å². The van der Waals surface area contributed by atoms with Crippen molar-refractivity contribution in [3.05, 3.63) is 59.7 Å². The number of amides is 1. The van der Waals surface area contributed by atoms with Crippen molar-refractivity contribution < 1.29 is 19.0 Å². The number of benzene rings is 2. The molecule has 1 N–H and O–H groups in total. The Kier molecular flexibility index (Phi) is 9.15. The third kappa shape index (κ3) is 7.86. The average molecular weight is 428 g/mol. The fourth-order valence-electron chi connectivity index (χ4n) is 3.26. The molecule has 2 aromatic rings. The third-order valence-corrected chi connectivity index (χ3v) is 5.06. The standard InChI is InChI=1S/C24H33N3O4/c1-26(2)10-16-31-23-9-4-3-8-22(23)24(28)25-19-20-6-5-7-21(18-20)30-17-13-27-11-14-29-15-12-27/h3-9,18H,10-17,19H2,1-2H3,(H,25,28). The van der Waals surface area contributed by atoms with Gasteiger partial charge in [0.25, 0.3) is 5.91 Å². The van der Waals surface area contributed by atoms with E-state index in [4.69, 9.17) is 14.2 Å². The molecule has 7 nitrogen and oxygen atoms in total. The summed E-state index contributed by atoms with van der Waals surface area (Å²) < 4.78 is 17.1. The summed E-state index contributed by atoms with van der Waals surface area (Å²) in [5, 5.41) is 2.98. The Morgan fingerprint density at radius 2 is 1.87 bits per heavy atom. The van der Waals surface area contributed by atoms with Gasteiger partial charge in [0.2, 0.25) is 0 Å². The molecule has 0 unspecified atom stereocenters. The van der Waals surface area contributed by atoms with E-state index in [1.807, 2.05) is 61.5 Å². The van der Waals surface area contributed by atoms with Gasteiger partial charge in [0.1, 0.15) is 24.7 Å². The molecule has 1 aliphatic heterocycles. The van der Waals surface area contributed by atoms with Crippen molar-refractivity contribution in [3.8, 4) is 11.5 Å². The van der Waals surface area contributed by atoms with Gasteiger partial charge in [0.05, 0.1) is 18.8 Å². The number of ether oxygens (including phenoxy) is 3. The lowest BCUT2D eigenvalue weighted by Crippen LogP contribution is -2.38. The van der Waals surface area contributed by atoms with Crippen molar-refractivity contribution in [1.82, 2.24) is 15.1 Å². The Hall–Kier alpha value is -2.61. The zero-order valence-electron chi connectivity index (χ0n) is 18.5. The molecule has 0 radical (unpaired) electrons. The molecular weight excluding hydrogens is 394 g/mol. The van der Waals surface area contributed by atoms with Gasteiger partial charge in [-0.3, -0.25) is 9.69 Å². The van der Waals surface area contributed by atoms with Crippen LogP contribution in [0.3, 0.4) is 0 Å². The third-order valence-electron chi connectivity index (χ3n) is 5.06. The molecule has 7 heteroatoms. The maximum Gasteiger partial charge on any atom is 0.255 e. The van der Waals surface area contributed by atoms with Crippen LogP contribution in [0.25, 0.3) is 0 Å². The van der Waals surface area contributed by atoms with E-state index < -0.39 is 0 Å². The SMILES string of the molecule is CN(C)CCOc1ccccc1C(=O)NCc1cccc(OCCN2CCOCC2)c1. The summed E-state index contributed by atoms with van der Waals surface area (Å²) in [6.45, 7) is 6.74. The van der Waals surface area contributed by atoms with Crippen molar-refractivity contribution in [2.24, 2.45) is 0 Å². The molecule has 0 aliphatic carbocycles. The number of likely N-dealkylation sites (N-methyl/N-ethyl adjacent to an activating group) is 1. The average Bonchev–Trinajstić information content (AvgIpc) is 2.79. The quantitative estimate of drug-likeness (QED) is 0.594. The number of nitrogens with zero attached hydrogens (tertiary/aromatic N) is 2. The number of morpholine rings is 1. The largest absolute Gasteiger partial charge is 0.492 e. The van der Waals surface area contributed by atoms with E-state index in [-0.39, 0.29) is 5.91 Å². The summed E-state index contributed by atoms with van der Waals surface area (Å²) in [6.07, 6.45) is 0. The number of hydrogen-bond donors (Lipinski definition) is 1. The van der Waals surface area contributed by atoms with Gasteiger partial charge in [0, 0.05) is 32.7 Å². The summed E-state index contributed by atoms with van der Waals surface area (Å²) in [7, 11) is 3.98. The maximum atomic E-state index is 12.7. The fourth-order valence-corrected chi connectivity index (χ4v) is 3.26. The molecule has 1 heterocycles. The van der Waals surface area contributed by atoms with Crippen LogP contribution in [0.5, 0.6) is 11.5 Å². The summed E-state index contributed by atoms with van der Waals surface area (Å²) in [6, 6.07) is 15.2. The van der Waals surface area contributed by atoms with Crippen LogP contribution in [0.2, 0.25) is 0 Å². The molecule has 1 fully saturated rings. The minimum atomic E-state index is -0.154. The molecule has 0 aromatic heterocycles. The van der Waals surface area contributed by atoms with Crippen LogP contribution in [0, 0.1) is 0 Å². The summed E-state index contributed by atoms with van der Waals surface area (Å²) in [5.74, 6) is 1.26. The van der Waals surface area contributed by atoms with Gasteiger partial charge in [-0.25, -0.2) is 0 Å². The molecule has 0 saturated carbocycles. The topological polar surface area (TPSA) is 63.3 Å². The molecule has 0 spiro atoms. The van der Waals surface area contributed by atoms with Gasteiger partial charge >= 0.3 is 0 Å². The van der Waals surface area contributed by atoms with Gasteiger partial charge in [-0.15, -0.1) is 0 Å². The first-order valence-corrected chi connectivity index (χ1v) is 10.8. The van der Waals surface area contributed by atoms with Crippen molar-refractivity contribution in [2.75, 3.05) is 66.7 Å². The lowest BCUT2D eigenvalue weighted by molar-refractivity contribution is 0.0322. The predicted octanol–water partition coefficient (Wildman–Crippen LogP) is 2.27. The zero-order valence-corrected chi connectivity index (χ0v) is 18.5. The number of hydrogen-bond acceptors (Lipinski definition) is 6. The Morgan fingerprint density at radius 3 is 2.68 bits per heavy atom. The summed E-state index contributed by atoms with van der Waals surface area (Å²) in [5.41, 5.74) is 1.53. The van der Waals surface area contributed by atoms with Gasteiger partial charge in [-0.2, -0.15) is 0 Å². The highest BCUT2D eigenvalue weighted by Crippen LogP contribution is 2.18. The van der Waals surface area contributed by atoms with Crippen molar-refractivity contribution in [3.63, 3.8) is 0 Å². The lowest BCUT2D eigenvalue weighted by atomic mass is 10.1. The van der Waals surface area contributed by atoms with Crippen LogP contribution in [-0.4, -0.2) is 82.4 Å². The highest BCUT2D eigenvalue weighted by atomic mass is 16.5. The van der Waals surface area contributed by atoms with Crippen LogP contribution in [-0.2, 0) is 11.3 Å². The van der Waals surface area contributed by atoms with Crippen LogP contribution in [0.4, 0.5) is 0 Å². The highest BCUT2D eigenvalue weighted by Gasteiger charge is 2.13. The van der Waals surface area contributed by atoms with E-state index in [2.05, 4.69) is 10.2 Å². The van der Waals surface area contributed by atoms with Gasteiger partial charge < -0.3 is 24.4 Å². The summed E-state index contributed by atoms with van der Waals surface area (Å²) >= 11 is 0. The summed E-state index contributed by atoms with van der Waals surface area (Å²) in [4.78, 5) is 17.1. The molecule has 1 aliphatic rings. The second-order valence-electron chi connectivity index (χ2n) is 7.78. The first kappa shape index (κ1) is 23.1. The Morgan fingerprint density at radius 1 is 1.06 bits per heavy atom. The molecule has 0 bridgehead atoms. The number of para-hydroxylation sites is 1. The van der Waals surface area contributed by atoms with E-state index in [0.29, 0.717) is 31.1 Å². The molecule has 2 aromatic carbocycles. The van der Waals surface area contributed by atoms with E-state index in [9.17, 15) is 4.79 Å². The molecule has 31 heavy (non-hydrogen) atoms. The van der Waals surface area contributed by atoms with Crippen LogP contribution in [0.15, 0.2) is 48.5 Å². The van der Waals surface area contributed by atoms with Crippen LogP contribution >= 0.6 is 0 Å². The van der Waals surface area contributed by atoms with Crippen LogP contribution in [0.1, 0.15) is 15.9 Å². The lowest BCUT2D eigenvalue weighted by Gasteiger charge is -2.26. The zero-order chi connectivity index (χ0) is 21.9. The predicted molar refractivity (Wildman–Crippen MR) is 121 cm³/mol. The maximum absolute atomic E-state index is 12.7. The first-order chi connectivity index (χ1) is 15.1. The molecule has 1 saturated heterocycles. The normalized spacial score (nSPS) is 14.4. The van der Waals surface area contributed by atoms with Gasteiger partial charge in [-0.05, 0) is 43.9 Å². The van der Waals surface area contributed by atoms with E-state index in [0.717, 1.165) is 50.7 Å². The monoisotopic (exact) mass is 427 g/mol. The van der Waals surface area contributed by atoms with E-state index in [1.165, 1.54) is 0 Å². The van der Waals surface area contributed by atoms with Gasteiger partial charge in [-0.1, -0.05) is 24.3 Å². The fraction of sp³-hybridized carbons (Fsp3) is 0.458. The first-order valence-electron chi connectivity index (χ1n) is 10.8. The molecular formula is C24H33N3O4. The Labute approximate surface area is 184 Å². The second kappa shape index (κ2) is 12.3. The van der Waals surface area contributed by atoms with Crippen LogP contribution < -0.4 is 14.8 Å². The molecule has 0 atom stereocenters. The number of rotatable bonds is 11. The number of carbonyl (C=O) groups excluding carboxylic acids is 1. The van der Waals surface area contributed by atoms with Crippen molar-refractivity contribution in [2.45, 2.75) is 6.54 Å². The Balaban J connectivity index is 1.48. The number of carbonyl (C=O) groups is 1. The second-order valence-corrected chi connectivity index (χ2v) is 7.78.